The predicted molar refractivity (Wildman–Crippen MR) is 83.3 cm³/mol. The Kier molecular flexibility index (Phi) is 4.70. The Labute approximate surface area is 127 Å². The van der Waals surface area contributed by atoms with Gasteiger partial charge in [0.1, 0.15) is 5.82 Å². The van der Waals surface area contributed by atoms with Gasteiger partial charge < -0.3 is 15.0 Å². The van der Waals surface area contributed by atoms with Crippen molar-refractivity contribution < 1.29 is 4.74 Å². The highest BCUT2D eigenvalue weighted by molar-refractivity contribution is 5.39. The number of ether oxygens (including phenoxy) is 1. The van der Waals surface area contributed by atoms with Gasteiger partial charge >= 0.3 is 0 Å². The van der Waals surface area contributed by atoms with E-state index in [0.717, 1.165) is 37.8 Å². The maximum absolute atomic E-state index is 5.87. The lowest BCUT2D eigenvalue weighted by atomic mass is 10.1. The minimum atomic E-state index is 0.392. The number of morpholine rings is 1. The van der Waals surface area contributed by atoms with Crippen molar-refractivity contribution in [2.75, 3.05) is 24.6 Å². The van der Waals surface area contributed by atoms with E-state index in [1.54, 1.807) is 0 Å². The maximum Gasteiger partial charge on any atom is 0.147 e. The molecule has 1 aliphatic carbocycles. The van der Waals surface area contributed by atoms with Crippen LogP contribution in [0.4, 0.5) is 5.82 Å². The van der Waals surface area contributed by atoms with Crippen LogP contribution in [-0.2, 0) is 11.3 Å². The standard InChI is InChI=1S/C16H26N4O/c1-12(2)8-17-9-13-10-18-11-16(19-13)20-6-7-21-15-5-3-4-14(15)20/h10-12,14-15,17H,3-9H2,1-2H3. The molecule has 0 spiro atoms. The Morgan fingerprint density at radius 3 is 3.14 bits per heavy atom. The molecule has 1 N–H and O–H groups in total. The number of hydrogen-bond donors (Lipinski definition) is 1. The average Bonchev–Trinajstić information content (AvgIpc) is 2.95. The maximum atomic E-state index is 5.87. The molecule has 5 nitrogen and oxygen atoms in total. The van der Waals surface area contributed by atoms with Gasteiger partial charge in [0.25, 0.3) is 0 Å². The van der Waals surface area contributed by atoms with Gasteiger partial charge in [-0.1, -0.05) is 13.8 Å². The van der Waals surface area contributed by atoms with Crippen molar-refractivity contribution in [2.24, 2.45) is 5.92 Å². The van der Waals surface area contributed by atoms with E-state index in [2.05, 4.69) is 29.0 Å². The highest BCUT2D eigenvalue weighted by atomic mass is 16.5. The summed E-state index contributed by atoms with van der Waals surface area (Å²) in [6.45, 7) is 7.95. The lowest BCUT2D eigenvalue weighted by Crippen LogP contribution is -2.49. The number of hydrogen-bond acceptors (Lipinski definition) is 5. The SMILES string of the molecule is CC(C)CNCc1cncc(N2CCOC3CCCC32)n1. The van der Waals surface area contributed by atoms with Crippen LogP contribution in [-0.4, -0.2) is 41.8 Å². The average molecular weight is 290 g/mol. The van der Waals surface area contributed by atoms with Crippen LogP contribution in [0, 0.1) is 5.92 Å². The van der Waals surface area contributed by atoms with E-state index in [0.29, 0.717) is 18.1 Å². The predicted octanol–water partition coefficient (Wildman–Crippen LogP) is 1.98. The Morgan fingerprint density at radius 2 is 2.29 bits per heavy atom. The molecule has 1 saturated heterocycles. The zero-order valence-electron chi connectivity index (χ0n) is 13.1. The van der Waals surface area contributed by atoms with E-state index in [-0.39, 0.29) is 0 Å². The molecule has 2 unspecified atom stereocenters. The molecule has 0 radical (unpaired) electrons. The third-order valence-electron chi connectivity index (χ3n) is 4.31. The van der Waals surface area contributed by atoms with E-state index in [1.165, 1.54) is 19.3 Å². The molecule has 0 amide bonds. The zero-order valence-corrected chi connectivity index (χ0v) is 13.1. The molecule has 2 heterocycles. The van der Waals surface area contributed by atoms with Crippen LogP contribution in [0.5, 0.6) is 0 Å². The Bertz CT molecular complexity index is 465. The van der Waals surface area contributed by atoms with Crippen LogP contribution in [0.2, 0.25) is 0 Å². The largest absolute Gasteiger partial charge is 0.374 e. The summed E-state index contributed by atoms with van der Waals surface area (Å²) in [6.07, 6.45) is 7.81. The monoisotopic (exact) mass is 290 g/mol. The third-order valence-corrected chi connectivity index (χ3v) is 4.31. The topological polar surface area (TPSA) is 50.3 Å². The third kappa shape index (κ3) is 3.52. The van der Waals surface area contributed by atoms with E-state index in [1.807, 2.05) is 12.4 Å². The van der Waals surface area contributed by atoms with Gasteiger partial charge in [0, 0.05) is 19.3 Å². The summed E-state index contributed by atoms with van der Waals surface area (Å²) < 4.78 is 5.87. The Hall–Kier alpha value is -1.20. The summed E-state index contributed by atoms with van der Waals surface area (Å²) in [6, 6.07) is 0.493. The van der Waals surface area contributed by atoms with Crippen molar-refractivity contribution in [3.63, 3.8) is 0 Å². The summed E-state index contributed by atoms with van der Waals surface area (Å²) in [5.41, 5.74) is 1.02. The molecule has 3 rings (SSSR count). The number of fused-ring (bicyclic) bond motifs is 1. The van der Waals surface area contributed by atoms with Crippen LogP contribution in [0.15, 0.2) is 12.4 Å². The Balaban J connectivity index is 1.67. The summed E-state index contributed by atoms with van der Waals surface area (Å²) >= 11 is 0. The van der Waals surface area contributed by atoms with Crippen LogP contribution >= 0.6 is 0 Å². The summed E-state index contributed by atoms with van der Waals surface area (Å²) in [7, 11) is 0. The number of anilines is 1. The molecule has 5 heteroatoms. The van der Waals surface area contributed by atoms with Gasteiger partial charge in [-0.3, -0.25) is 4.98 Å². The van der Waals surface area contributed by atoms with Gasteiger partial charge in [0.2, 0.25) is 0 Å². The van der Waals surface area contributed by atoms with Crippen molar-refractivity contribution >= 4 is 5.82 Å². The van der Waals surface area contributed by atoms with Crippen LogP contribution in [0.3, 0.4) is 0 Å². The molecular weight excluding hydrogens is 264 g/mol. The van der Waals surface area contributed by atoms with Crippen molar-refractivity contribution in [1.82, 2.24) is 15.3 Å². The zero-order chi connectivity index (χ0) is 14.7. The fourth-order valence-electron chi connectivity index (χ4n) is 3.32. The van der Waals surface area contributed by atoms with Gasteiger partial charge in [-0.2, -0.15) is 0 Å². The number of aromatic nitrogens is 2. The number of rotatable bonds is 5. The van der Waals surface area contributed by atoms with Gasteiger partial charge in [-0.25, -0.2) is 4.98 Å². The number of nitrogens with one attached hydrogen (secondary N) is 1. The fourth-order valence-corrected chi connectivity index (χ4v) is 3.32. The smallest absolute Gasteiger partial charge is 0.147 e. The molecule has 0 bridgehead atoms. The van der Waals surface area contributed by atoms with Gasteiger partial charge in [-0.15, -0.1) is 0 Å². The van der Waals surface area contributed by atoms with Crippen molar-refractivity contribution in [1.29, 1.82) is 0 Å². The molecule has 21 heavy (non-hydrogen) atoms. The molecule has 2 aliphatic rings. The summed E-state index contributed by atoms with van der Waals surface area (Å²) in [5.74, 6) is 1.67. The van der Waals surface area contributed by atoms with E-state index >= 15 is 0 Å². The van der Waals surface area contributed by atoms with Crippen LogP contribution < -0.4 is 10.2 Å². The van der Waals surface area contributed by atoms with Gasteiger partial charge in [-0.05, 0) is 31.7 Å². The van der Waals surface area contributed by atoms with E-state index in [4.69, 9.17) is 9.72 Å². The van der Waals surface area contributed by atoms with Crippen molar-refractivity contribution in [2.45, 2.75) is 51.8 Å². The molecule has 2 atom stereocenters. The van der Waals surface area contributed by atoms with Crippen molar-refractivity contribution in [3.8, 4) is 0 Å². The molecule has 1 aliphatic heterocycles. The van der Waals surface area contributed by atoms with Crippen molar-refractivity contribution in [3.05, 3.63) is 18.1 Å². The minimum Gasteiger partial charge on any atom is -0.374 e. The summed E-state index contributed by atoms with van der Waals surface area (Å²) in [5, 5.41) is 3.43. The molecule has 1 aromatic rings. The first kappa shape index (κ1) is 14.7. The molecule has 2 fully saturated rings. The minimum absolute atomic E-state index is 0.392. The second kappa shape index (κ2) is 6.71. The first-order valence-electron chi connectivity index (χ1n) is 8.14. The quantitative estimate of drug-likeness (QED) is 0.898. The normalized spacial score (nSPS) is 25.4. The summed E-state index contributed by atoms with van der Waals surface area (Å²) in [4.78, 5) is 11.6. The van der Waals surface area contributed by atoms with E-state index < -0.39 is 0 Å². The van der Waals surface area contributed by atoms with E-state index in [9.17, 15) is 0 Å². The molecule has 1 saturated carbocycles. The highest BCUT2D eigenvalue weighted by Crippen LogP contribution is 2.32. The highest BCUT2D eigenvalue weighted by Gasteiger charge is 2.36. The number of nitrogens with zero attached hydrogens (tertiary/aromatic N) is 3. The van der Waals surface area contributed by atoms with Gasteiger partial charge in [0.05, 0.1) is 30.6 Å². The second-order valence-corrected chi connectivity index (χ2v) is 6.49. The van der Waals surface area contributed by atoms with Gasteiger partial charge in [0.15, 0.2) is 0 Å². The first-order chi connectivity index (χ1) is 10.2. The van der Waals surface area contributed by atoms with Crippen LogP contribution in [0.25, 0.3) is 0 Å². The molecular formula is C16H26N4O. The molecule has 0 aromatic carbocycles. The lowest BCUT2D eigenvalue weighted by Gasteiger charge is -2.38. The molecule has 116 valence electrons. The first-order valence-corrected chi connectivity index (χ1v) is 8.14. The second-order valence-electron chi connectivity index (χ2n) is 6.49. The lowest BCUT2D eigenvalue weighted by molar-refractivity contribution is 0.0253. The Morgan fingerprint density at radius 1 is 1.38 bits per heavy atom. The fraction of sp³-hybridized carbons (Fsp3) is 0.750. The van der Waals surface area contributed by atoms with Crippen LogP contribution in [0.1, 0.15) is 38.8 Å². The molecule has 1 aromatic heterocycles.